The second-order valence-corrected chi connectivity index (χ2v) is 6.33. The lowest BCUT2D eigenvalue weighted by molar-refractivity contribution is 0.312. The zero-order valence-electron chi connectivity index (χ0n) is 14.0. The van der Waals surface area contributed by atoms with E-state index in [0.717, 1.165) is 37.6 Å². The minimum Gasteiger partial charge on any atom is -0.370 e. The monoisotopic (exact) mass is 430 g/mol. The topological polar surface area (TPSA) is 61.0 Å². The van der Waals surface area contributed by atoms with Gasteiger partial charge < -0.3 is 20.4 Å². The van der Waals surface area contributed by atoms with Crippen molar-refractivity contribution in [2.75, 3.05) is 45.2 Å². The number of likely N-dealkylation sites (N-methyl/N-ethyl adjacent to an activating group) is 1. The summed E-state index contributed by atoms with van der Waals surface area (Å²) in [5.74, 6) is 1.69. The van der Waals surface area contributed by atoms with Gasteiger partial charge in [-0.1, -0.05) is 0 Å². The van der Waals surface area contributed by atoms with Crippen molar-refractivity contribution in [2.24, 2.45) is 10.7 Å². The van der Waals surface area contributed by atoms with Gasteiger partial charge in [-0.15, -0.1) is 24.0 Å². The van der Waals surface area contributed by atoms with Gasteiger partial charge in [0.25, 0.3) is 0 Å². The Hall–Kier alpha value is -1.09. The van der Waals surface area contributed by atoms with E-state index >= 15 is 0 Å². The van der Waals surface area contributed by atoms with Crippen molar-refractivity contribution < 1.29 is 0 Å². The number of guanidine groups is 1. The highest BCUT2D eigenvalue weighted by atomic mass is 127. The number of aromatic nitrogens is 1. The molecule has 0 spiro atoms. The van der Waals surface area contributed by atoms with Gasteiger partial charge >= 0.3 is 0 Å². The summed E-state index contributed by atoms with van der Waals surface area (Å²) in [5.41, 5.74) is 7.21. The molecule has 1 aliphatic heterocycles. The first kappa shape index (κ1) is 18.3. The van der Waals surface area contributed by atoms with Crippen molar-refractivity contribution in [3.63, 3.8) is 0 Å². The molecule has 2 N–H and O–H groups in total. The summed E-state index contributed by atoms with van der Waals surface area (Å²) in [6, 6.07) is 4.76. The Labute approximate surface area is 155 Å². The molecule has 0 atom stereocenters. The van der Waals surface area contributed by atoms with Crippen molar-refractivity contribution in [2.45, 2.75) is 25.4 Å². The van der Waals surface area contributed by atoms with Crippen molar-refractivity contribution in [1.29, 1.82) is 0 Å². The summed E-state index contributed by atoms with van der Waals surface area (Å²) >= 11 is 0. The van der Waals surface area contributed by atoms with Gasteiger partial charge in [0, 0.05) is 45.5 Å². The molecule has 2 aliphatic rings. The third-order valence-electron chi connectivity index (χ3n) is 4.52. The highest BCUT2D eigenvalue weighted by Crippen LogP contribution is 2.25. The smallest absolute Gasteiger partial charge is 0.191 e. The van der Waals surface area contributed by atoms with Crippen molar-refractivity contribution in [3.05, 3.63) is 23.9 Å². The van der Waals surface area contributed by atoms with Crippen LogP contribution in [0, 0.1) is 0 Å². The Bertz CT molecular complexity index is 537. The molecule has 1 saturated heterocycles. The Morgan fingerprint density at radius 2 is 2.04 bits per heavy atom. The van der Waals surface area contributed by atoms with Gasteiger partial charge in [0.1, 0.15) is 5.82 Å². The molecule has 1 aromatic rings. The molecular weight excluding hydrogens is 403 g/mol. The van der Waals surface area contributed by atoms with Gasteiger partial charge in [0.05, 0.1) is 6.54 Å². The lowest BCUT2D eigenvalue weighted by atomic mass is 10.2. The van der Waals surface area contributed by atoms with Crippen LogP contribution in [0.3, 0.4) is 0 Å². The molecule has 0 radical (unpaired) electrons. The Morgan fingerprint density at radius 3 is 2.70 bits per heavy atom. The van der Waals surface area contributed by atoms with Crippen LogP contribution in [0.5, 0.6) is 0 Å². The molecule has 0 amide bonds. The number of pyridine rings is 1. The van der Waals surface area contributed by atoms with E-state index in [2.05, 4.69) is 37.8 Å². The zero-order chi connectivity index (χ0) is 15.5. The fourth-order valence-electron chi connectivity index (χ4n) is 2.70. The van der Waals surface area contributed by atoms with E-state index in [1.165, 1.54) is 12.8 Å². The highest BCUT2D eigenvalue weighted by molar-refractivity contribution is 14.0. The molecule has 1 saturated carbocycles. The first-order chi connectivity index (χ1) is 10.6. The maximum atomic E-state index is 6.05. The fraction of sp³-hybridized carbons (Fsp3) is 0.625. The van der Waals surface area contributed by atoms with Gasteiger partial charge in [-0.2, -0.15) is 0 Å². The number of aliphatic imine (C=N–C) groups is 1. The van der Waals surface area contributed by atoms with Crippen LogP contribution < -0.4 is 10.6 Å². The van der Waals surface area contributed by atoms with Crippen LogP contribution in [0.25, 0.3) is 0 Å². The molecule has 1 aliphatic carbocycles. The number of nitrogens with zero attached hydrogens (tertiary/aromatic N) is 5. The van der Waals surface area contributed by atoms with Crippen LogP contribution in [-0.4, -0.2) is 67.1 Å². The summed E-state index contributed by atoms with van der Waals surface area (Å²) < 4.78 is 0. The maximum Gasteiger partial charge on any atom is 0.191 e. The minimum atomic E-state index is 0. The van der Waals surface area contributed by atoms with E-state index in [1.54, 1.807) is 0 Å². The molecule has 6 nitrogen and oxygen atoms in total. The predicted octanol–water partition coefficient (Wildman–Crippen LogP) is 1.36. The van der Waals surface area contributed by atoms with E-state index in [1.807, 2.05) is 19.3 Å². The minimum absolute atomic E-state index is 0. The normalized spacial score (nSPS) is 19.4. The molecule has 7 heteroatoms. The molecule has 2 heterocycles. The largest absolute Gasteiger partial charge is 0.370 e. The van der Waals surface area contributed by atoms with Crippen molar-refractivity contribution in [3.8, 4) is 0 Å². The van der Waals surface area contributed by atoms with Gasteiger partial charge in [0.15, 0.2) is 5.96 Å². The van der Waals surface area contributed by atoms with E-state index in [4.69, 9.17) is 5.73 Å². The lowest BCUT2D eigenvalue weighted by Gasteiger charge is -2.33. The molecule has 0 unspecified atom stereocenters. The summed E-state index contributed by atoms with van der Waals surface area (Å²) in [5, 5.41) is 0. The fourth-order valence-corrected chi connectivity index (χ4v) is 2.70. The Morgan fingerprint density at radius 1 is 1.35 bits per heavy atom. The highest BCUT2D eigenvalue weighted by Gasteiger charge is 2.27. The quantitative estimate of drug-likeness (QED) is 0.444. The third-order valence-corrected chi connectivity index (χ3v) is 4.52. The standard InChI is InChI=1S/C16H26N6.HI/c1-20-7-9-22(10-8-20)15-11-13(5-6-18-15)12-19-16(17)21(2)14-3-4-14;/h5-6,11,14H,3-4,7-10,12H2,1-2H3,(H2,17,19);1H. The Balaban J connectivity index is 0.00000192. The summed E-state index contributed by atoms with van der Waals surface area (Å²) in [4.78, 5) is 15.8. The number of anilines is 1. The molecule has 0 aromatic carbocycles. The van der Waals surface area contributed by atoms with Gasteiger partial charge in [-0.05, 0) is 37.6 Å². The van der Waals surface area contributed by atoms with E-state index < -0.39 is 0 Å². The number of hydrogen-bond acceptors (Lipinski definition) is 4. The lowest BCUT2D eigenvalue weighted by Crippen LogP contribution is -2.44. The summed E-state index contributed by atoms with van der Waals surface area (Å²) in [6.45, 7) is 4.85. The first-order valence-corrected chi connectivity index (χ1v) is 8.04. The average molecular weight is 430 g/mol. The third kappa shape index (κ3) is 4.94. The van der Waals surface area contributed by atoms with Crippen LogP contribution >= 0.6 is 24.0 Å². The van der Waals surface area contributed by atoms with Crippen LogP contribution in [-0.2, 0) is 6.54 Å². The van der Waals surface area contributed by atoms with Crippen molar-refractivity contribution in [1.82, 2.24) is 14.8 Å². The van der Waals surface area contributed by atoms with Crippen LogP contribution in [0.2, 0.25) is 0 Å². The van der Waals surface area contributed by atoms with Gasteiger partial charge in [0.2, 0.25) is 0 Å². The molecule has 23 heavy (non-hydrogen) atoms. The number of hydrogen-bond donors (Lipinski definition) is 1. The summed E-state index contributed by atoms with van der Waals surface area (Å²) in [6.07, 6.45) is 4.34. The molecule has 1 aromatic heterocycles. The SMILES string of the molecule is CN1CCN(c2cc(CN=C(N)N(C)C3CC3)ccn2)CC1.I. The van der Waals surface area contributed by atoms with Gasteiger partial charge in [-0.3, -0.25) is 0 Å². The Kier molecular flexibility index (Phi) is 6.46. The average Bonchev–Trinajstić information content (AvgIpc) is 3.38. The van der Waals surface area contributed by atoms with E-state index in [9.17, 15) is 0 Å². The molecule has 2 fully saturated rings. The van der Waals surface area contributed by atoms with Crippen LogP contribution in [0.1, 0.15) is 18.4 Å². The number of nitrogens with two attached hydrogens (primary N) is 1. The number of piperazine rings is 1. The predicted molar refractivity (Wildman–Crippen MR) is 105 cm³/mol. The van der Waals surface area contributed by atoms with Crippen LogP contribution in [0.4, 0.5) is 5.82 Å². The zero-order valence-corrected chi connectivity index (χ0v) is 16.3. The molecule has 0 bridgehead atoms. The molecular formula is C16H27IN6. The molecule has 3 rings (SSSR count). The van der Waals surface area contributed by atoms with E-state index in [-0.39, 0.29) is 24.0 Å². The van der Waals surface area contributed by atoms with Crippen molar-refractivity contribution >= 4 is 35.8 Å². The number of halogens is 1. The summed E-state index contributed by atoms with van der Waals surface area (Å²) in [7, 11) is 4.19. The molecule has 128 valence electrons. The van der Waals surface area contributed by atoms with Gasteiger partial charge in [-0.25, -0.2) is 9.98 Å². The second-order valence-electron chi connectivity index (χ2n) is 6.33. The number of rotatable bonds is 4. The first-order valence-electron chi connectivity index (χ1n) is 8.04. The van der Waals surface area contributed by atoms with E-state index in [0.29, 0.717) is 18.5 Å². The van der Waals surface area contributed by atoms with Crippen LogP contribution in [0.15, 0.2) is 23.3 Å². The second kappa shape index (κ2) is 8.14. The maximum absolute atomic E-state index is 6.05.